The number of hydrogen-bond donors (Lipinski definition) is 2. The van der Waals surface area contributed by atoms with Crippen molar-refractivity contribution in [2.45, 2.75) is 0 Å². The quantitative estimate of drug-likeness (QED) is 0.770. The number of benzene rings is 1. The molecule has 1 aliphatic rings. The van der Waals surface area contributed by atoms with Crippen LogP contribution in [0.15, 0.2) is 34.2 Å². The summed E-state index contributed by atoms with van der Waals surface area (Å²) in [6.45, 7) is 0. The van der Waals surface area contributed by atoms with Gasteiger partial charge in [-0.15, -0.1) is 0 Å². The highest BCUT2D eigenvalue weighted by Crippen LogP contribution is 2.15. The van der Waals surface area contributed by atoms with Gasteiger partial charge in [-0.3, -0.25) is 14.8 Å². The lowest BCUT2D eigenvalue weighted by Gasteiger charge is -1.91. The molecule has 0 fully saturated rings. The Morgan fingerprint density at radius 1 is 1.41 bits per heavy atom. The second-order valence-electron chi connectivity index (χ2n) is 3.63. The van der Waals surface area contributed by atoms with E-state index in [-0.39, 0.29) is 10.8 Å². The molecule has 4 nitrogen and oxygen atoms in total. The molecule has 0 radical (unpaired) electrons. The fraction of sp³-hybridized carbons (Fsp3) is 0. The van der Waals surface area contributed by atoms with Crippen molar-refractivity contribution in [2.24, 2.45) is 4.99 Å². The number of nitrogens with zero attached hydrogens (tertiary/aromatic N) is 1. The smallest absolute Gasteiger partial charge is 0.307 e. The zero-order chi connectivity index (χ0) is 11.8. The summed E-state index contributed by atoms with van der Waals surface area (Å²) in [4.78, 5) is 17.8. The summed E-state index contributed by atoms with van der Waals surface area (Å²) in [5.74, 6) is -0.0827. The van der Waals surface area contributed by atoms with Crippen LogP contribution in [0.25, 0.3) is 12.2 Å². The summed E-state index contributed by atoms with van der Waals surface area (Å²) in [5, 5.41) is 11.3. The summed E-state index contributed by atoms with van der Waals surface area (Å²) in [6.07, 6.45) is 5.44. The van der Waals surface area contributed by atoms with Crippen molar-refractivity contribution < 1.29 is 5.11 Å². The molecule has 2 aromatic rings. The standard InChI is InChI=1S/C12H8N2O2S/c15-11-10(17-12(16)14-11)6-7-1-2-9-8(5-7)3-4-13-9/h1-6,15H,(H,14,16). The highest BCUT2D eigenvalue weighted by Gasteiger charge is 2.03. The zero-order valence-electron chi connectivity index (χ0n) is 8.68. The maximum Gasteiger partial charge on any atom is 0.307 e. The fourth-order valence-electron chi connectivity index (χ4n) is 1.69. The Bertz CT molecular complexity index is 784. The number of aromatic amines is 1. The van der Waals surface area contributed by atoms with Crippen molar-refractivity contribution in [1.29, 1.82) is 0 Å². The van der Waals surface area contributed by atoms with Crippen molar-refractivity contribution in [3.63, 3.8) is 0 Å². The minimum absolute atomic E-state index is 0.0827. The SMILES string of the molecule is O=c1[nH]c(O)c(C=c2ccc3c(c2)C=CN=3)s1. The van der Waals surface area contributed by atoms with Crippen LogP contribution in [0.5, 0.6) is 5.88 Å². The van der Waals surface area contributed by atoms with Crippen molar-refractivity contribution in [3.05, 3.63) is 55.1 Å². The first-order valence-electron chi connectivity index (χ1n) is 5.01. The van der Waals surface area contributed by atoms with Crippen LogP contribution in [0.3, 0.4) is 0 Å². The van der Waals surface area contributed by atoms with Gasteiger partial charge in [0.05, 0.1) is 10.2 Å². The molecule has 5 heteroatoms. The molecule has 0 amide bonds. The first-order valence-corrected chi connectivity index (χ1v) is 5.82. The summed E-state index contributed by atoms with van der Waals surface area (Å²) < 4.78 is 0. The molecule has 0 spiro atoms. The Morgan fingerprint density at radius 2 is 2.29 bits per heavy atom. The van der Waals surface area contributed by atoms with Crippen LogP contribution in [0.4, 0.5) is 0 Å². The van der Waals surface area contributed by atoms with Gasteiger partial charge in [-0.05, 0) is 29.5 Å². The van der Waals surface area contributed by atoms with E-state index in [1.54, 1.807) is 12.3 Å². The average Bonchev–Trinajstić information content (AvgIpc) is 2.85. The van der Waals surface area contributed by atoms with Crippen LogP contribution in [0.1, 0.15) is 10.4 Å². The number of thiazole rings is 1. The molecule has 1 aromatic heterocycles. The van der Waals surface area contributed by atoms with Crippen LogP contribution in [-0.4, -0.2) is 10.1 Å². The third-order valence-corrected chi connectivity index (χ3v) is 3.29. The van der Waals surface area contributed by atoms with Gasteiger partial charge in [0.15, 0.2) is 0 Å². The maximum atomic E-state index is 11.0. The minimum atomic E-state index is -0.259. The zero-order valence-corrected chi connectivity index (χ0v) is 9.49. The summed E-state index contributed by atoms with van der Waals surface area (Å²) in [7, 11) is 0. The summed E-state index contributed by atoms with van der Waals surface area (Å²) >= 11 is 0.984. The lowest BCUT2D eigenvalue weighted by molar-refractivity contribution is 0.455. The van der Waals surface area contributed by atoms with E-state index >= 15 is 0 Å². The normalized spacial score (nSPS) is 13.8. The number of fused-ring (bicyclic) bond motifs is 1. The monoisotopic (exact) mass is 244 g/mol. The minimum Gasteiger partial charge on any atom is -0.493 e. The molecule has 3 rings (SSSR count). The maximum absolute atomic E-state index is 11.0. The van der Waals surface area contributed by atoms with Crippen LogP contribution in [0, 0.1) is 0 Å². The molecule has 1 aliphatic heterocycles. The number of H-pyrrole nitrogens is 1. The Labute approximate surface area is 99.9 Å². The molecule has 17 heavy (non-hydrogen) atoms. The summed E-state index contributed by atoms with van der Waals surface area (Å²) in [6, 6.07) is 5.78. The molecular weight excluding hydrogens is 236 g/mol. The Hall–Kier alpha value is -2.14. The third kappa shape index (κ3) is 1.81. The molecule has 0 aliphatic carbocycles. The molecule has 2 heterocycles. The molecule has 84 valence electrons. The number of aromatic nitrogens is 1. The molecule has 2 N–H and O–H groups in total. The highest BCUT2D eigenvalue weighted by molar-refractivity contribution is 7.10. The van der Waals surface area contributed by atoms with Crippen molar-refractivity contribution >= 4 is 23.5 Å². The van der Waals surface area contributed by atoms with Crippen LogP contribution >= 0.6 is 11.3 Å². The Kier molecular flexibility index (Phi) is 2.19. The first kappa shape index (κ1) is 10.0. The van der Waals surface area contributed by atoms with E-state index in [1.165, 1.54) is 0 Å². The average molecular weight is 244 g/mol. The number of nitrogens with one attached hydrogen (secondary N) is 1. The predicted molar refractivity (Wildman–Crippen MR) is 66.4 cm³/mol. The molecule has 0 saturated carbocycles. The Balaban J connectivity index is 2.17. The van der Waals surface area contributed by atoms with Crippen molar-refractivity contribution in [1.82, 2.24) is 4.98 Å². The van der Waals surface area contributed by atoms with Gasteiger partial charge in [0, 0.05) is 11.8 Å². The van der Waals surface area contributed by atoms with E-state index in [1.807, 2.05) is 24.3 Å². The van der Waals surface area contributed by atoms with E-state index in [4.69, 9.17) is 0 Å². The van der Waals surface area contributed by atoms with E-state index < -0.39 is 0 Å². The second-order valence-corrected chi connectivity index (χ2v) is 4.65. The van der Waals surface area contributed by atoms with Crippen LogP contribution in [0.2, 0.25) is 0 Å². The third-order valence-electron chi connectivity index (χ3n) is 2.47. The van der Waals surface area contributed by atoms with E-state index in [0.29, 0.717) is 4.88 Å². The molecular formula is C12H8N2O2S. The number of rotatable bonds is 1. The molecule has 0 saturated heterocycles. The van der Waals surface area contributed by atoms with Crippen LogP contribution < -0.4 is 15.4 Å². The molecule has 0 bridgehead atoms. The first-order chi connectivity index (χ1) is 8.22. The molecule has 0 atom stereocenters. The van der Waals surface area contributed by atoms with Gasteiger partial charge in [0.1, 0.15) is 0 Å². The van der Waals surface area contributed by atoms with Gasteiger partial charge < -0.3 is 5.11 Å². The lowest BCUT2D eigenvalue weighted by atomic mass is 10.2. The van der Waals surface area contributed by atoms with Crippen LogP contribution in [-0.2, 0) is 0 Å². The predicted octanol–water partition coefficient (Wildman–Crippen LogP) is 0.575. The second kappa shape index (κ2) is 3.71. The topological polar surface area (TPSA) is 65.5 Å². The van der Waals surface area contributed by atoms with Gasteiger partial charge in [0.2, 0.25) is 5.88 Å². The number of aromatic hydroxyl groups is 1. The lowest BCUT2D eigenvalue weighted by Crippen LogP contribution is -2.10. The summed E-state index contributed by atoms with van der Waals surface area (Å²) in [5.41, 5.74) is 1.04. The largest absolute Gasteiger partial charge is 0.493 e. The fourth-order valence-corrected chi connectivity index (χ4v) is 2.38. The van der Waals surface area contributed by atoms with Gasteiger partial charge in [-0.1, -0.05) is 17.4 Å². The Morgan fingerprint density at radius 3 is 3.06 bits per heavy atom. The van der Waals surface area contributed by atoms with E-state index in [0.717, 1.165) is 27.5 Å². The van der Waals surface area contributed by atoms with Gasteiger partial charge in [-0.2, -0.15) is 0 Å². The van der Waals surface area contributed by atoms with Gasteiger partial charge in [0.25, 0.3) is 0 Å². The van der Waals surface area contributed by atoms with Gasteiger partial charge >= 0.3 is 4.87 Å². The van der Waals surface area contributed by atoms with E-state index in [9.17, 15) is 9.90 Å². The number of hydrogen-bond acceptors (Lipinski definition) is 4. The molecule has 0 unspecified atom stereocenters. The van der Waals surface area contributed by atoms with Crippen molar-refractivity contribution in [3.8, 4) is 5.88 Å². The van der Waals surface area contributed by atoms with Crippen molar-refractivity contribution in [2.75, 3.05) is 0 Å². The highest BCUT2D eigenvalue weighted by atomic mass is 32.1. The van der Waals surface area contributed by atoms with Gasteiger partial charge in [-0.25, -0.2) is 0 Å². The van der Waals surface area contributed by atoms with E-state index in [2.05, 4.69) is 9.98 Å². The molecule has 1 aromatic carbocycles.